The molecule has 1 unspecified atom stereocenters. The van der Waals surface area contributed by atoms with Crippen LogP contribution < -0.4 is 15.4 Å². The smallest absolute Gasteiger partial charge is 0.248 e. The van der Waals surface area contributed by atoms with Gasteiger partial charge in [0.25, 0.3) is 0 Å². The molecule has 202 valence electrons. The zero-order valence-corrected chi connectivity index (χ0v) is 22.1. The normalized spacial score (nSPS) is 15.4. The van der Waals surface area contributed by atoms with Gasteiger partial charge in [-0.3, -0.25) is 4.79 Å². The lowest BCUT2D eigenvalue weighted by atomic mass is 10.1. The molecule has 0 bridgehead atoms. The molecule has 4 rings (SSSR count). The second-order valence-electron chi connectivity index (χ2n) is 8.93. The number of nitrogens with one attached hydrogen (secondary N) is 2. The van der Waals surface area contributed by atoms with Gasteiger partial charge in [0, 0.05) is 50.0 Å². The Kier molecular flexibility index (Phi) is 9.83. The van der Waals surface area contributed by atoms with Crippen LogP contribution in [0.3, 0.4) is 0 Å². The maximum absolute atomic E-state index is 13.6. The van der Waals surface area contributed by atoms with Gasteiger partial charge in [-0.2, -0.15) is 0 Å². The Bertz CT molecular complexity index is 1290. The van der Waals surface area contributed by atoms with Crippen molar-refractivity contribution >= 4 is 45.6 Å². The molecule has 1 fully saturated rings. The highest BCUT2D eigenvalue weighted by Gasteiger charge is 2.19. The van der Waals surface area contributed by atoms with Gasteiger partial charge in [0.05, 0.1) is 28.9 Å². The first-order valence-corrected chi connectivity index (χ1v) is 12.7. The molecule has 9 nitrogen and oxygen atoms in total. The molecular formula is C27H31ClFN5O4. The van der Waals surface area contributed by atoms with Gasteiger partial charge in [0.1, 0.15) is 30.3 Å². The van der Waals surface area contributed by atoms with Crippen molar-refractivity contribution in [1.29, 1.82) is 0 Å². The van der Waals surface area contributed by atoms with Crippen molar-refractivity contribution in [3.05, 3.63) is 59.7 Å². The van der Waals surface area contributed by atoms with E-state index in [1.165, 1.54) is 24.5 Å². The van der Waals surface area contributed by atoms with E-state index in [0.29, 0.717) is 60.2 Å². The van der Waals surface area contributed by atoms with E-state index in [1.54, 1.807) is 31.4 Å². The number of carbonyl (C=O) groups is 1. The molecule has 2 aromatic carbocycles. The molecule has 11 heteroatoms. The van der Waals surface area contributed by atoms with Crippen molar-refractivity contribution in [2.24, 2.45) is 0 Å². The number of likely N-dealkylation sites (N-methyl/N-ethyl adjacent to an activating group) is 1. The number of ether oxygens (including phenoxy) is 3. The van der Waals surface area contributed by atoms with Crippen LogP contribution in [0.25, 0.3) is 10.9 Å². The second-order valence-corrected chi connectivity index (χ2v) is 9.34. The summed E-state index contributed by atoms with van der Waals surface area (Å²) in [5.41, 5.74) is 1.63. The fraction of sp³-hybridized carbons (Fsp3) is 0.370. The summed E-state index contributed by atoms with van der Waals surface area (Å²) < 4.78 is 30.5. The van der Waals surface area contributed by atoms with Gasteiger partial charge in [-0.05, 0) is 44.2 Å². The van der Waals surface area contributed by atoms with Crippen LogP contribution in [0.5, 0.6) is 5.75 Å². The third-order valence-corrected chi connectivity index (χ3v) is 6.28. The van der Waals surface area contributed by atoms with E-state index in [0.717, 1.165) is 19.4 Å². The van der Waals surface area contributed by atoms with Crippen molar-refractivity contribution in [1.82, 2.24) is 14.9 Å². The Hall–Kier alpha value is -3.31. The average molecular weight is 544 g/mol. The molecule has 0 aliphatic carbocycles. The largest absolute Gasteiger partial charge is 0.489 e. The molecule has 0 spiro atoms. The molecule has 0 saturated carbocycles. The highest BCUT2D eigenvalue weighted by molar-refractivity contribution is 6.31. The number of fused-ring (bicyclic) bond motifs is 1. The van der Waals surface area contributed by atoms with Gasteiger partial charge in [0.15, 0.2) is 0 Å². The Balaban J connectivity index is 1.58. The zero-order chi connectivity index (χ0) is 26.9. The Labute approximate surface area is 225 Å². The lowest BCUT2D eigenvalue weighted by molar-refractivity contribution is -0.111. The first-order chi connectivity index (χ1) is 18.4. The molecule has 2 N–H and O–H groups in total. The molecular weight excluding hydrogens is 513 g/mol. The summed E-state index contributed by atoms with van der Waals surface area (Å²) in [7, 11) is 3.60. The predicted molar refractivity (Wildman–Crippen MR) is 146 cm³/mol. The van der Waals surface area contributed by atoms with Gasteiger partial charge in [-0.15, -0.1) is 0 Å². The standard InChI is InChI=1S/C27H31ClFN5O4/c1-34(10-12-36-2)9-3-6-26(35)33-24-14-20-23(15-25(24)38-16-19-5-4-11-37-19)30-17-31-27(20)32-18-7-8-22(29)21(28)13-18/h3,6-8,13-15,17,19H,4-5,9-12,16H2,1-2H3,(H,33,35)(H,30,31,32)/b6-3+. The topological polar surface area (TPSA) is 97.8 Å². The highest BCUT2D eigenvalue weighted by atomic mass is 35.5. The quantitative estimate of drug-likeness (QED) is 0.314. The summed E-state index contributed by atoms with van der Waals surface area (Å²) in [6.45, 7) is 3.04. The van der Waals surface area contributed by atoms with E-state index < -0.39 is 5.82 Å². The van der Waals surface area contributed by atoms with Crippen molar-refractivity contribution in [3.63, 3.8) is 0 Å². The number of amides is 1. The maximum Gasteiger partial charge on any atom is 0.248 e. The monoisotopic (exact) mass is 543 g/mol. The number of aromatic nitrogens is 2. The Morgan fingerprint density at radius 1 is 1.32 bits per heavy atom. The van der Waals surface area contributed by atoms with E-state index in [9.17, 15) is 9.18 Å². The molecule has 3 aromatic rings. The van der Waals surface area contributed by atoms with Crippen LogP contribution in [-0.2, 0) is 14.3 Å². The molecule has 1 amide bonds. The van der Waals surface area contributed by atoms with Gasteiger partial charge in [-0.25, -0.2) is 14.4 Å². The van der Waals surface area contributed by atoms with Crippen molar-refractivity contribution in [2.45, 2.75) is 18.9 Å². The van der Waals surface area contributed by atoms with E-state index in [1.807, 2.05) is 11.9 Å². The van der Waals surface area contributed by atoms with Crippen LogP contribution in [0.2, 0.25) is 5.02 Å². The molecule has 1 aromatic heterocycles. The fourth-order valence-electron chi connectivity index (χ4n) is 3.92. The Morgan fingerprint density at radius 3 is 2.95 bits per heavy atom. The number of carbonyl (C=O) groups excluding carboxylic acids is 1. The van der Waals surface area contributed by atoms with Crippen LogP contribution in [-0.4, -0.2) is 73.9 Å². The summed E-state index contributed by atoms with van der Waals surface area (Å²) in [5.74, 6) is 0.125. The molecule has 1 atom stereocenters. The Morgan fingerprint density at radius 2 is 2.18 bits per heavy atom. The minimum atomic E-state index is -0.513. The van der Waals surface area contributed by atoms with Gasteiger partial charge in [-0.1, -0.05) is 17.7 Å². The van der Waals surface area contributed by atoms with E-state index >= 15 is 0 Å². The van der Waals surface area contributed by atoms with Crippen LogP contribution in [0.15, 0.2) is 48.8 Å². The van der Waals surface area contributed by atoms with Crippen LogP contribution in [0, 0.1) is 5.82 Å². The predicted octanol–water partition coefficient (Wildman–Crippen LogP) is 4.80. The van der Waals surface area contributed by atoms with Crippen molar-refractivity contribution < 1.29 is 23.4 Å². The number of benzene rings is 2. The van der Waals surface area contributed by atoms with Gasteiger partial charge in [0.2, 0.25) is 5.91 Å². The SMILES string of the molecule is COCCN(C)C/C=C/C(=O)Nc1cc2c(Nc3ccc(F)c(Cl)c3)ncnc2cc1OCC1CCCO1. The number of anilines is 3. The fourth-order valence-corrected chi connectivity index (χ4v) is 4.10. The summed E-state index contributed by atoms with van der Waals surface area (Å²) in [6.07, 6.45) is 6.61. The second kappa shape index (κ2) is 13.5. The first kappa shape index (κ1) is 27.7. The third-order valence-electron chi connectivity index (χ3n) is 5.99. The molecule has 1 aliphatic rings. The highest BCUT2D eigenvalue weighted by Crippen LogP contribution is 2.34. The van der Waals surface area contributed by atoms with Crippen molar-refractivity contribution in [3.8, 4) is 5.75 Å². The van der Waals surface area contributed by atoms with Gasteiger partial charge >= 0.3 is 0 Å². The summed E-state index contributed by atoms with van der Waals surface area (Å²) in [6, 6.07) is 7.82. The summed E-state index contributed by atoms with van der Waals surface area (Å²) in [5, 5.41) is 6.69. The number of halogens is 2. The third kappa shape index (κ3) is 7.61. The van der Waals surface area contributed by atoms with Crippen LogP contribution >= 0.6 is 11.6 Å². The zero-order valence-electron chi connectivity index (χ0n) is 21.4. The number of hydrogen-bond acceptors (Lipinski definition) is 8. The van der Waals surface area contributed by atoms with E-state index in [-0.39, 0.29) is 17.0 Å². The molecule has 1 saturated heterocycles. The average Bonchev–Trinajstić information content (AvgIpc) is 3.42. The maximum atomic E-state index is 13.6. The van der Waals surface area contributed by atoms with Gasteiger partial charge < -0.3 is 29.7 Å². The lowest BCUT2D eigenvalue weighted by Gasteiger charge is -2.17. The minimum Gasteiger partial charge on any atom is -0.489 e. The molecule has 1 aliphatic heterocycles. The number of rotatable bonds is 12. The van der Waals surface area contributed by atoms with Crippen LogP contribution in [0.4, 0.5) is 21.6 Å². The summed E-state index contributed by atoms with van der Waals surface area (Å²) >= 11 is 5.94. The molecule has 38 heavy (non-hydrogen) atoms. The molecule has 2 heterocycles. The van der Waals surface area contributed by atoms with E-state index in [2.05, 4.69) is 20.6 Å². The number of nitrogens with zero attached hydrogens (tertiary/aromatic N) is 3. The minimum absolute atomic E-state index is 0.00244. The lowest BCUT2D eigenvalue weighted by Crippen LogP contribution is -2.23. The van der Waals surface area contributed by atoms with Crippen molar-refractivity contribution in [2.75, 3.05) is 57.7 Å². The van der Waals surface area contributed by atoms with Crippen LogP contribution in [0.1, 0.15) is 12.8 Å². The molecule has 0 radical (unpaired) electrons. The number of hydrogen-bond donors (Lipinski definition) is 2. The first-order valence-electron chi connectivity index (χ1n) is 12.3. The number of methoxy groups -OCH3 is 1. The summed E-state index contributed by atoms with van der Waals surface area (Å²) in [4.78, 5) is 23.5. The van der Waals surface area contributed by atoms with E-state index in [4.69, 9.17) is 25.8 Å².